The Kier molecular flexibility index (Phi) is 3.97. The first-order valence-electron chi connectivity index (χ1n) is 9.65. The molecule has 4 nitrogen and oxygen atoms in total. The van der Waals surface area contributed by atoms with Gasteiger partial charge in [-0.1, -0.05) is 74.5 Å². The lowest BCUT2D eigenvalue weighted by atomic mass is 9.96. The van der Waals surface area contributed by atoms with Crippen LogP contribution in [-0.2, 0) is 12.8 Å². The molecule has 138 valence electrons. The summed E-state index contributed by atoms with van der Waals surface area (Å²) in [7, 11) is 0. The Morgan fingerprint density at radius 2 is 1.00 bits per heavy atom. The number of aromatic nitrogens is 2. The molecule has 3 aromatic carbocycles. The molecule has 0 aliphatic carbocycles. The van der Waals surface area contributed by atoms with Crippen molar-refractivity contribution in [1.82, 2.24) is 9.97 Å². The van der Waals surface area contributed by atoms with E-state index in [4.69, 9.17) is 18.8 Å². The topological polar surface area (TPSA) is 52.1 Å². The van der Waals surface area contributed by atoms with Crippen LogP contribution in [0.3, 0.4) is 0 Å². The van der Waals surface area contributed by atoms with E-state index in [1.165, 1.54) is 0 Å². The highest BCUT2D eigenvalue weighted by atomic mass is 16.4. The van der Waals surface area contributed by atoms with Crippen molar-refractivity contribution in [3.05, 3.63) is 72.4 Å². The standard InChI is InChI=1S/C24H20N2O2/c1-3-17-25-21-19(15-11-7-5-8-12-15)24-22(26-18(4-2)28-24)20(23(21)27-17)16-13-9-6-10-14-16/h5-14H,3-4H2,1-2H3. The smallest absolute Gasteiger partial charge is 0.195 e. The van der Waals surface area contributed by atoms with Gasteiger partial charge in [-0.2, -0.15) is 0 Å². The van der Waals surface area contributed by atoms with Crippen LogP contribution >= 0.6 is 0 Å². The zero-order valence-electron chi connectivity index (χ0n) is 15.9. The fraction of sp³-hybridized carbons (Fsp3) is 0.167. The summed E-state index contributed by atoms with van der Waals surface area (Å²) in [6.45, 7) is 4.10. The van der Waals surface area contributed by atoms with Crippen molar-refractivity contribution in [2.24, 2.45) is 0 Å². The molecule has 0 N–H and O–H groups in total. The molecule has 0 saturated carbocycles. The van der Waals surface area contributed by atoms with Gasteiger partial charge < -0.3 is 8.83 Å². The van der Waals surface area contributed by atoms with Crippen molar-refractivity contribution < 1.29 is 8.83 Å². The zero-order chi connectivity index (χ0) is 19.1. The first kappa shape index (κ1) is 16.8. The molecule has 4 heteroatoms. The third kappa shape index (κ3) is 2.53. The van der Waals surface area contributed by atoms with Gasteiger partial charge in [-0.3, -0.25) is 0 Å². The molecular formula is C24H20N2O2. The van der Waals surface area contributed by atoms with E-state index < -0.39 is 0 Å². The molecule has 0 unspecified atom stereocenters. The van der Waals surface area contributed by atoms with Gasteiger partial charge in [0.05, 0.1) is 11.1 Å². The number of hydrogen-bond acceptors (Lipinski definition) is 4. The number of aryl methyl sites for hydroxylation is 2. The summed E-state index contributed by atoms with van der Waals surface area (Å²) in [4.78, 5) is 9.65. The quantitative estimate of drug-likeness (QED) is 0.367. The maximum absolute atomic E-state index is 6.22. The van der Waals surface area contributed by atoms with Crippen LogP contribution < -0.4 is 0 Å². The Hall–Kier alpha value is -3.40. The molecule has 5 rings (SSSR count). The Morgan fingerprint density at radius 3 is 1.36 bits per heavy atom. The second kappa shape index (κ2) is 6.64. The summed E-state index contributed by atoms with van der Waals surface area (Å²) in [6, 6.07) is 20.4. The maximum Gasteiger partial charge on any atom is 0.195 e. The van der Waals surface area contributed by atoms with Crippen LogP contribution in [0.5, 0.6) is 0 Å². The molecule has 0 radical (unpaired) electrons. The highest BCUT2D eigenvalue weighted by Crippen LogP contribution is 2.43. The van der Waals surface area contributed by atoms with Crippen molar-refractivity contribution in [2.45, 2.75) is 26.7 Å². The van der Waals surface area contributed by atoms with Crippen LogP contribution in [0.25, 0.3) is 44.5 Å². The lowest BCUT2D eigenvalue weighted by molar-refractivity contribution is 0.538. The first-order valence-corrected chi connectivity index (χ1v) is 9.65. The minimum atomic E-state index is 0.715. The van der Waals surface area contributed by atoms with E-state index in [1.807, 2.05) is 50.2 Å². The van der Waals surface area contributed by atoms with Gasteiger partial charge in [0, 0.05) is 12.8 Å². The largest absolute Gasteiger partial charge is 0.440 e. The van der Waals surface area contributed by atoms with E-state index in [9.17, 15) is 0 Å². The van der Waals surface area contributed by atoms with Crippen molar-refractivity contribution in [2.75, 3.05) is 0 Å². The van der Waals surface area contributed by atoms with Crippen LogP contribution in [0.2, 0.25) is 0 Å². The van der Waals surface area contributed by atoms with E-state index in [-0.39, 0.29) is 0 Å². The summed E-state index contributed by atoms with van der Waals surface area (Å²) in [5, 5.41) is 0. The molecule has 0 spiro atoms. The van der Waals surface area contributed by atoms with Gasteiger partial charge in [-0.05, 0) is 11.1 Å². The summed E-state index contributed by atoms with van der Waals surface area (Å²) in [6.07, 6.45) is 1.46. The number of nitrogens with zero attached hydrogens (tertiary/aromatic N) is 2. The Labute approximate surface area is 162 Å². The minimum Gasteiger partial charge on any atom is -0.440 e. The second-order valence-corrected chi connectivity index (χ2v) is 6.76. The average Bonchev–Trinajstić information content (AvgIpc) is 3.37. The van der Waals surface area contributed by atoms with E-state index in [1.54, 1.807) is 0 Å². The molecule has 0 bridgehead atoms. The third-order valence-electron chi connectivity index (χ3n) is 5.00. The number of fused-ring (bicyclic) bond motifs is 2. The summed E-state index contributed by atoms with van der Waals surface area (Å²) in [5.74, 6) is 1.43. The van der Waals surface area contributed by atoms with Crippen LogP contribution in [0.4, 0.5) is 0 Å². The van der Waals surface area contributed by atoms with Crippen LogP contribution in [0.1, 0.15) is 25.6 Å². The van der Waals surface area contributed by atoms with E-state index >= 15 is 0 Å². The van der Waals surface area contributed by atoms with E-state index in [2.05, 4.69) is 24.3 Å². The van der Waals surface area contributed by atoms with Crippen LogP contribution in [0.15, 0.2) is 69.5 Å². The number of hydrogen-bond donors (Lipinski definition) is 0. The molecule has 0 aliphatic heterocycles. The predicted molar refractivity (Wildman–Crippen MR) is 111 cm³/mol. The SMILES string of the molecule is CCc1nc2c(-c3ccccc3)c3oc(CC)nc3c(-c3ccccc3)c2o1. The monoisotopic (exact) mass is 368 g/mol. The lowest BCUT2D eigenvalue weighted by Gasteiger charge is -2.08. The van der Waals surface area contributed by atoms with Gasteiger partial charge in [0.1, 0.15) is 11.0 Å². The van der Waals surface area contributed by atoms with E-state index in [0.717, 1.165) is 57.3 Å². The van der Waals surface area contributed by atoms with Gasteiger partial charge in [0.15, 0.2) is 22.9 Å². The second-order valence-electron chi connectivity index (χ2n) is 6.76. The molecule has 5 aromatic rings. The van der Waals surface area contributed by atoms with Gasteiger partial charge in [0.25, 0.3) is 0 Å². The Bertz CT molecular complexity index is 1110. The summed E-state index contributed by atoms with van der Waals surface area (Å²) >= 11 is 0. The van der Waals surface area contributed by atoms with Gasteiger partial charge in [-0.15, -0.1) is 0 Å². The predicted octanol–water partition coefficient (Wildman–Crippen LogP) is 6.43. The molecule has 0 aliphatic rings. The zero-order valence-corrected chi connectivity index (χ0v) is 15.9. The molecule has 0 atom stereocenters. The van der Waals surface area contributed by atoms with Crippen molar-refractivity contribution in [1.29, 1.82) is 0 Å². The molecule has 0 amide bonds. The van der Waals surface area contributed by atoms with Gasteiger partial charge in [0.2, 0.25) is 0 Å². The van der Waals surface area contributed by atoms with Gasteiger partial charge >= 0.3 is 0 Å². The molecule has 28 heavy (non-hydrogen) atoms. The normalized spacial score (nSPS) is 11.5. The minimum absolute atomic E-state index is 0.715. The molecule has 2 aromatic heterocycles. The third-order valence-corrected chi connectivity index (χ3v) is 5.00. The number of benzene rings is 3. The molecule has 2 heterocycles. The Balaban J connectivity index is 1.99. The van der Waals surface area contributed by atoms with Crippen molar-refractivity contribution >= 4 is 22.2 Å². The average molecular weight is 368 g/mol. The summed E-state index contributed by atoms with van der Waals surface area (Å²) < 4.78 is 12.4. The summed E-state index contributed by atoms with van der Waals surface area (Å²) in [5.41, 5.74) is 7.18. The Morgan fingerprint density at radius 1 is 0.607 bits per heavy atom. The number of oxazole rings is 2. The van der Waals surface area contributed by atoms with Crippen molar-refractivity contribution in [3.8, 4) is 22.3 Å². The van der Waals surface area contributed by atoms with Crippen molar-refractivity contribution in [3.63, 3.8) is 0 Å². The maximum atomic E-state index is 6.22. The molecule has 0 fully saturated rings. The van der Waals surface area contributed by atoms with Crippen LogP contribution in [-0.4, -0.2) is 9.97 Å². The fourth-order valence-electron chi connectivity index (χ4n) is 3.67. The van der Waals surface area contributed by atoms with Crippen LogP contribution in [0, 0.1) is 0 Å². The first-order chi connectivity index (χ1) is 13.8. The lowest BCUT2D eigenvalue weighted by Crippen LogP contribution is -1.88. The van der Waals surface area contributed by atoms with E-state index in [0.29, 0.717) is 11.8 Å². The highest BCUT2D eigenvalue weighted by Gasteiger charge is 2.25. The number of rotatable bonds is 4. The fourth-order valence-corrected chi connectivity index (χ4v) is 3.67. The molecular weight excluding hydrogens is 348 g/mol. The highest BCUT2D eigenvalue weighted by molar-refractivity contribution is 6.15. The molecule has 0 saturated heterocycles. The van der Waals surface area contributed by atoms with Gasteiger partial charge in [-0.25, -0.2) is 9.97 Å².